The van der Waals surface area contributed by atoms with Gasteiger partial charge in [-0.15, -0.1) is 0 Å². The molecule has 18 heavy (non-hydrogen) atoms. The molecule has 0 atom stereocenters. The van der Waals surface area contributed by atoms with Gasteiger partial charge in [-0.3, -0.25) is 0 Å². The third kappa shape index (κ3) is 5.22. The Morgan fingerprint density at radius 2 is 1.78 bits per heavy atom. The van der Waals surface area contributed by atoms with E-state index in [0.29, 0.717) is 19.0 Å². The molecule has 0 spiro atoms. The zero-order valence-electron chi connectivity index (χ0n) is 11.6. The molecule has 0 radical (unpaired) electrons. The summed E-state index contributed by atoms with van der Waals surface area (Å²) in [6.07, 6.45) is 4.32. The van der Waals surface area contributed by atoms with Gasteiger partial charge in [0.2, 0.25) is 0 Å². The van der Waals surface area contributed by atoms with E-state index in [9.17, 15) is 8.42 Å². The number of nitrogens with zero attached hydrogens (tertiary/aromatic N) is 2. The lowest BCUT2D eigenvalue weighted by molar-refractivity contribution is 0.240. The van der Waals surface area contributed by atoms with Gasteiger partial charge < -0.3 is 4.90 Å². The Morgan fingerprint density at radius 3 is 2.22 bits per heavy atom. The second kappa shape index (κ2) is 7.43. The molecule has 0 aliphatic carbocycles. The summed E-state index contributed by atoms with van der Waals surface area (Å²) in [5.74, 6) is 0.665. The topological polar surface area (TPSA) is 66.6 Å². The maximum absolute atomic E-state index is 11.2. The Labute approximate surface area is 112 Å². The minimum Gasteiger partial charge on any atom is -0.304 e. The first kappa shape index (κ1) is 15.9. The van der Waals surface area contributed by atoms with Gasteiger partial charge in [0.1, 0.15) is 0 Å². The smallest absolute Gasteiger partial charge is 0.276 e. The fraction of sp³-hybridized carbons (Fsp3) is 1.00. The van der Waals surface area contributed by atoms with Gasteiger partial charge in [0.05, 0.1) is 0 Å². The zero-order valence-corrected chi connectivity index (χ0v) is 12.5. The summed E-state index contributed by atoms with van der Waals surface area (Å²) in [4.78, 5) is 2.43. The van der Waals surface area contributed by atoms with Crippen LogP contribution < -0.4 is 5.14 Å². The van der Waals surface area contributed by atoms with Gasteiger partial charge in [0, 0.05) is 13.1 Å². The maximum Gasteiger partial charge on any atom is 0.276 e. The highest BCUT2D eigenvalue weighted by atomic mass is 32.2. The quantitative estimate of drug-likeness (QED) is 0.755. The highest BCUT2D eigenvalue weighted by Gasteiger charge is 2.24. The Kier molecular flexibility index (Phi) is 6.55. The van der Waals surface area contributed by atoms with E-state index in [0.717, 1.165) is 32.5 Å². The Morgan fingerprint density at radius 1 is 1.22 bits per heavy atom. The van der Waals surface area contributed by atoms with Gasteiger partial charge in [-0.05, 0) is 51.2 Å². The number of piperidine rings is 1. The van der Waals surface area contributed by atoms with E-state index in [1.165, 1.54) is 17.1 Å². The molecule has 0 saturated carbocycles. The van der Waals surface area contributed by atoms with Crippen molar-refractivity contribution in [2.75, 3.05) is 32.7 Å². The predicted molar refractivity (Wildman–Crippen MR) is 74.4 cm³/mol. The molecule has 1 rings (SSSR count). The summed E-state index contributed by atoms with van der Waals surface area (Å²) >= 11 is 0. The lowest BCUT2D eigenvalue weighted by Crippen LogP contribution is -2.42. The second-order valence-corrected chi connectivity index (χ2v) is 6.60. The summed E-state index contributed by atoms with van der Waals surface area (Å²) < 4.78 is 23.7. The number of hydrogen-bond acceptors (Lipinski definition) is 3. The van der Waals surface area contributed by atoms with Crippen molar-refractivity contribution in [1.29, 1.82) is 0 Å². The van der Waals surface area contributed by atoms with Crippen molar-refractivity contribution in [3.63, 3.8) is 0 Å². The predicted octanol–water partition coefficient (Wildman–Crippen LogP) is 1.02. The van der Waals surface area contributed by atoms with Crippen molar-refractivity contribution < 1.29 is 8.42 Å². The highest BCUT2D eigenvalue weighted by molar-refractivity contribution is 7.86. The first-order valence-electron chi connectivity index (χ1n) is 6.97. The van der Waals surface area contributed by atoms with Crippen LogP contribution in [0.25, 0.3) is 0 Å². The average Bonchev–Trinajstić information content (AvgIpc) is 2.34. The minimum absolute atomic E-state index is 0.592. The number of nitrogens with two attached hydrogens (primary N) is 1. The summed E-state index contributed by atoms with van der Waals surface area (Å²) in [6.45, 7) is 8.94. The van der Waals surface area contributed by atoms with Crippen LogP contribution in [-0.4, -0.2) is 50.3 Å². The van der Waals surface area contributed by atoms with Crippen LogP contribution in [0, 0.1) is 5.92 Å². The van der Waals surface area contributed by atoms with Crippen molar-refractivity contribution in [2.45, 2.75) is 39.5 Å². The summed E-state index contributed by atoms with van der Waals surface area (Å²) in [7, 11) is -3.47. The molecule has 0 unspecified atom stereocenters. The molecule has 0 aromatic rings. The Balaban J connectivity index is 2.20. The van der Waals surface area contributed by atoms with E-state index in [-0.39, 0.29) is 0 Å². The Bertz CT molecular complexity index is 320. The molecule has 1 saturated heterocycles. The first-order chi connectivity index (χ1) is 8.47. The normalized spacial score (nSPS) is 19.6. The van der Waals surface area contributed by atoms with Crippen molar-refractivity contribution in [3.05, 3.63) is 0 Å². The molecular weight excluding hydrogens is 250 g/mol. The molecule has 0 bridgehead atoms. The van der Waals surface area contributed by atoms with Crippen LogP contribution in [0.3, 0.4) is 0 Å². The zero-order chi connectivity index (χ0) is 13.6. The molecule has 1 aliphatic heterocycles. The van der Waals surface area contributed by atoms with Gasteiger partial charge in [-0.25, -0.2) is 5.14 Å². The molecule has 2 N–H and O–H groups in total. The van der Waals surface area contributed by atoms with E-state index in [2.05, 4.69) is 18.7 Å². The molecular formula is C12H27N3O2S. The van der Waals surface area contributed by atoms with Crippen LogP contribution >= 0.6 is 0 Å². The number of rotatable bonds is 7. The molecule has 0 aromatic carbocycles. The molecule has 1 heterocycles. The molecule has 108 valence electrons. The van der Waals surface area contributed by atoms with E-state index < -0.39 is 10.2 Å². The van der Waals surface area contributed by atoms with E-state index >= 15 is 0 Å². The molecule has 0 aromatic heterocycles. The van der Waals surface area contributed by atoms with Gasteiger partial charge in [0.15, 0.2) is 0 Å². The lowest BCUT2D eigenvalue weighted by atomic mass is 9.93. The third-order valence-electron chi connectivity index (χ3n) is 3.91. The molecule has 6 heteroatoms. The van der Waals surface area contributed by atoms with Crippen LogP contribution in [0.5, 0.6) is 0 Å². The fourth-order valence-electron chi connectivity index (χ4n) is 2.60. The largest absolute Gasteiger partial charge is 0.304 e. The van der Waals surface area contributed by atoms with Crippen molar-refractivity contribution in [2.24, 2.45) is 11.1 Å². The lowest BCUT2D eigenvalue weighted by Gasteiger charge is -2.30. The first-order valence-corrected chi connectivity index (χ1v) is 8.47. The average molecular weight is 277 g/mol. The monoisotopic (exact) mass is 277 g/mol. The van der Waals surface area contributed by atoms with Crippen LogP contribution in [0.1, 0.15) is 39.5 Å². The van der Waals surface area contributed by atoms with Gasteiger partial charge in [-0.2, -0.15) is 12.7 Å². The van der Waals surface area contributed by atoms with Gasteiger partial charge >= 0.3 is 0 Å². The summed E-state index contributed by atoms with van der Waals surface area (Å²) in [5, 5.41) is 5.12. The van der Waals surface area contributed by atoms with E-state index in [1.807, 2.05) is 0 Å². The van der Waals surface area contributed by atoms with Crippen LogP contribution in [0.15, 0.2) is 0 Å². The van der Waals surface area contributed by atoms with Gasteiger partial charge in [-0.1, -0.05) is 13.8 Å². The van der Waals surface area contributed by atoms with E-state index in [1.54, 1.807) is 0 Å². The summed E-state index contributed by atoms with van der Waals surface area (Å²) in [5.41, 5.74) is 0. The van der Waals surface area contributed by atoms with Crippen molar-refractivity contribution in [1.82, 2.24) is 9.21 Å². The van der Waals surface area contributed by atoms with Crippen LogP contribution in [-0.2, 0) is 10.2 Å². The maximum atomic E-state index is 11.2. The Hall–Kier alpha value is -0.170. The third-order valence-corrected chi connectivity index (χ3v) is 5.00. The van der Waals surface area contributed by atoms with Crippen LogP contribution in [0.4, 0.5) is 0 Å². The number of hydrogen-bond donors (Lipinski definition) is 1. The standard InChI is InChI=1S/C12H27N3O2S/c1-3-14(4-2)9-5-6-12-7-10-15(11-8-12)18(13,16)17/h12H,3-11H2,1-2H3,(H2,13,16,17). The second-order valence-electron chi connectivity index (χ2n) is 5.06. The molecule has 1 aliphatic rings. The molecule has 5 nitrogen and oxygen atoms in total. The van der Waals surface area contributed by atoms with Gasteiger partial charge in [0.25, 0.3) is 10.2 Å². The fourth-order valence-corrected chi connectivity index (χ4v) is 3.32. The SMILES string of the molecule is CCN(CC)CCCC1CCN(S(N)(=O)=O)CC1. The summed E-state index contributed by atoms with van der Waals surface area (Å²) in [6, 6.07) is 0. The highest BCUT2D eigenvalue weighted by Crippen LogP contribution is 2.22. The molecule has 0 amide bonds. The molecule has 1 fully saturated rings. The van der Waals surface area contributed by atoms with Crippen molar-refractivity contribution >= 4 is 10.2 Å². The minimum atomic E-state index is -3.47. The van der Waals surface area contributed by atoms with E-state index in [4.69, 9.17) is 5.14 Å². The van der Waals surface area contributed by atoms with Crippen molar-refractivity contribution in [3.8, 4) is 0 Å². The van der Waals surface area contributed by atoms with Crippen LogP contribution in [0.2, 0.25) is 0 Å².